The van der Waals surface area contributed by atoms with Gasteiger partial charge in [0.2, 0.25) is 12.7 Å². The van der Waals surface area contributed by atoms with E-state index in [2.05, 4.69) is 5.32 Å². The Kier molecular flexibility index (Phi) is 8.06. The summed E-state index contributed by atoms with van der Waals surface area (Å²) < 4.78 is 21.8. The number of para-hydroxylation sites is 1. The van der Waals surface area contributed by atoms with E-state index >= 15 is 0 Å². The quantitative estimate of drug-likeness (QED) is 0.264. The van der Waals surface area contributed by atoms with E-state index in [-0.39, 0.29) is 18.9 Å². The van der Waals surface area contributed by atoms with Crippen molar-refractivity contribution in [3.8, 4) is 23.0 Å². The molecule has 0 aliphatic carbocycles. The molecule has 0 spiro atoms. The van der Waals surface area contributed by atoms with Gasteiger partial charge in [-0.2, -0.15) is 0 Å². The Morgan fingerprint density at radius 1 is 0.867 bits per heavy atom. The topological polar surface area (TPSA) is 124 Å². The molecule has 11 heteroatoms. The molecule has 0 radical (unpaired) electrons. The number of anilines is 2. The molecule has 1 N–H and O–H groups in total. The van der Waals surface area contributed by atoms with Gasteiger partial charge in [0.05, 0.1) is 25.5 Å². The number of hydrogen-bond acceptors (Lipinski definition) is 8. The largest absolute Gasteiger partial charge is 0.493 e. The number of ketones is 1. The molecule has 2 aliphatic rings. The van der Waals surface area contributed by atoms with Crippen LogP contribution in [0.15, 0.2) is 91.0 Å². The van der Waals surface area contributed by atoms with Crippen LogP contribution < -0.4 is 29.2 Å². The molecule has 11 nitrogen and oxygen atoms in total. The van der Waals surface area contributed by atoms with Crippen LogP contribution in [0.5, 0.6) is 23.0 Å². The summed E-state index contributed by atoms with van der Waals surface area (Å²) in [5.41, 5.74) is 2.17. The molecule has 45 heavy (non-hydrogen) atoms. The lowest BCUT2D eigenvalue weighted by Crippen LogP contribution is -2.46. The zero-order valence-electron chi connectivity index (χ0n) is 24.5. The Bertz CT molecular complexity index is 1790. The Morgan fingerprint density at radius 3 is 2.38 bits per heavy atom. The van der Waals surface area contributed by atoms with Crippen molar-refractivity contribution in [2.24, 2.45) is 0 Å². The van der Waals surface area contributed by atoms with Crippen LogP contribution in [0.2, 0.25) is 0 Å². The minimum Gasteiger partial charge on any atom is -0.493 e. The summed E-state index contributed by atoms with van der Waals surface area (Å²) in [6.07, 6.45) is 0. The zero-order valence-corrected chi connectivity index (χ0v) is 24.5. The fourth-order valence-electron chi connectivity index (χ4n) is 5.42. The Morgan fingerprint density at radius 2 is 1.60 bits per heavy atom. The van der Waals surface area contributed by atoms with Gasteiger partial charge in [-0.3, -0.25) is 24.1 Å². The molecule has 6 rings (SSSR count). The van der Waals surface area contributed by atoms with Gasteiger partial charge >= 0.3 is 0 Å². The molecule has 2 aliphatic heterocycles. The number of amides is 3. The minimum atomic E-state index is -1.20. The van der Waals surface area contributed by atoms with Gasteiger partial charge in [-0.15, -0.1) is 0 Å². The van der Waals surface area contributed by atoms with Crippen LogP contribution in [0.25, 0.3) is 0 Å². The highest BCUT2D eigenvalue weighted by atomic mass is 16.7. The lowest BCUT2D eigenvalue weighted by atomic mass is 10.0. The predicted octanol–water partition coefficient (Wildman–Crippen LogP) is 4.37. The summed E-state index contributed by atoms with van der Waals surface area (Å²) in [7, 11) is 2.97. The molecule has 0 saturated carbocycles. The lowest BCUT2D eigenvalue weighted by Gasteiger charge is -2.33. The van der Waals surface area contributed by atoms with Crippen molar-refractivity contribution in [2.75, 3.05) is 37.8 Å². The highest BCUT2D eigenvalue weighted by Crippen LogP contribution is 2.37. The maximum absolute atomic E-state index is 14.3. The molecule has 3 amide bonds. The molecule has 4 aromatic carbocycles. The van der Waals surface area contributed by atoms with Crippen molar-refractivity contribution < 1.29 is 38.1 Å². The SMILES string of the molecule is COc1ccc([C@H](C(=O)Nc2ccc3c(c2)OCO3)N(Cc2ccccc2)C(=O)CN2C(=O)C(=O)c3ccccc32)cc1OC. The van der Waals surface area contributed by atoms with Crippen LogP contribution in [0.1, 0.15) is 27.5 Å². The Hall–Kier alpha value is -5.84. The number of rotatable bonds is 10. The third-order valence-electron chi connectivity index (χ3n) is 7.61. The normalized spacial score (nSPS) is 13.7. The van der Waals surface area contributed by atoms with E-state index in [1.54, 1.807) is 60.7 Å². The first-order valence-electron chi connectivity index (χ1n) is 14.1. The molecule has 228 valence electrons. The molecule has 0 aromatic heterocycles. The van der Waals surface area contributed by atoms with Crippen LogP contribution >= 0.6 is 0 Å². The molecule has 0 saturated heterocycles. The number of Topliss-reactive ketones (excluding diaryl/α,β-unsaturated/α-hetero) is 1. The number of methoxy groups -OCH3 is 2. The number of fused-ring (bicyclic) bond motifs is 2. The van der Waals surface area contributed by atoms with Crippen molar-refractivity contribution in [2.45, 2.75) is 12.6 Å². The number of nitrogens with zero attached hydrogens (tertiary/aromatic N) is 2. The smallest absolute Gasteiger partial charge is 0.299 e. The summed E-state index contributed by atoms with van der Waals surface area (Å²) in [5.74, 6) is -0.764. The summed E-state index contributed by atoms with van der Waals surface area (Å²) in [6.45, 7) is -0.373. The standard InChI is InChI=1S/C34H29N3O8/c1-42-26-14-12-22(16-28(26)43-2)31(33(40)35-23-13-15-27-29(17-23)45-20-44-27)37(18-21-8-4-3-5-9-21)30(38)19-36-25-11-7-6-10-24(25)32(39)34(36)41/h3-17,31H,18-20H2,1-2H3,(H,35,40)/t31-/m1/s1. The number of carbonyl (C=O) groups is 4. The number of nitrogens with one attached hydrogen (secondary N) is 1. The first-order valence-corrected chi connectivity index (χ1v) is 14.1. The van der Waals surface area contributed by atoms with Crippen molar-refractivity contribution in [1.82, 2.24) is 4.90 Å². The van der Waals surface area contributed by atoms with E-state index in [9.17, 15) is 19.2 Å². The minimum absolute atomic E-state index is 0.0187. The Balaban J connectivity index is 1.41. The second-order valence-corrected chi connectivity index (χ2v) is 10.3. The molecule has 0 unspecified atom stereocenters. The number of benzene rings is 4. The molecular weight excluding hydrogens is 578 g/mol. The van der Waals surface area contributed by atoms with Gasteiger partial charge in [-0.05, 0) is 47.5 Å². The van der Waals surface area contributed by atoms with Crippen LogP contribution in [0.3, 0.4) is 0 Å². The van der Waals surface area contributed by atoms with E-state index < -0.39 is 36.1 Å². The third kappa shape index (κ3) is 5.75. The first-order chi connectivity index (χ1) is 21.9. The average molecular weight is 608 g/mol. The number of hydrogen-bond donors (Lipinski definition) is 1. The third-order valence-corrected chi connectivity index (χ3v) is 7.61. The highest BCUT2D eigenvalue weighted by Gasteiger charge is 2.39. The number of carbonyl (C=O) groups excluding carboxylic acids is 4. The van der Waals surface area contributed by atoms with Gasteiger partial charge < -0.3 is 29.2 Å². The zero-order chi connectivity index (χ0) is 31.5. The van der Waals surface area contributed by atoms with Crippen LogP contribution in [-0.4, -0.2) is 56.0 Å². The van der Waals surface area contributed by atoms with Gasteiger partial charge in [-0.25, -0.2) is 0 Å². The molecular formula is C34H29N3O8. The van der Waals surface area contributed by atoms with Gasteiger partial charge in [0.1, 0.15) is 12.6 Å². The van der Waals surface area contributed by atoms with E-state index in [1.807, 2.05) is 30.3 Å². The maximum Gasteiger partial charge on any atom is 0.299 e. The predicted molar refractivity (Wildman–Crippen MR) is 164 cm³/mol. The van der Waals surface area contributed by atoms with E-state index in [0.29, 0.717) is 39.9 Å². The lowest BCUT2D eigenvalue weighted by molar-refractivity contribution is -0.139. The fourth-order valence-corrected chi connectivity index (χ4v) is 5.42. The van der Waals surface area contributed by atoms with E-state index in [4.69, 9.17) is 18.9 Å². The molecule has 0 fully saturated rings. The van der Waals surface area contributed by atoms with Gasteiger partial charge in [-0.1, -0.05) is 48.5 Å². The second-order valence-electron chi connectivity index (χ2n) is 10.3. The Labute approximate surface area is 258 Å². The monoisotopic (exact) mass is 607 g/mol. The molecule has 1 atom stereocenters. The summed E-state index contributed by atoms with van der Waals surface area (Å²) in [4.78, 5) is 56.8. The highest BCUT2D eigenvalue weighted by molar-refractivity contribution is 6.52. The molecule has 4 aromatic rings. The average Bonchev–Trinajstić information content (AvgIpc) is 3.63. The van der Waals surface area contributed by atoms with Crippen molar-refractivity contribution in [1.29, 1.82) is 0 Å². The van der Waals surface area contributed by atoms with Crippen LogP contribution in [-0.2, 0) is 20.9 Å². The van der Waals surface area contributed by atoms with Crippen molar-refractivity contribution >= 4 is 34.9 Å². The van der Waals surface area contributed by atoms with E-state index in [1.165, 1.54) is 19.1 Å². The fraction of sp³-hybridized carbons (Fsp3) is 0.176. The van der Waals surface area contributed by atoms with Crippen molar-refractivity contribution in [3.63, 3.8) is 0 Å². The van der Waals surface area contributed by atoms with E-state index in [0.717, 1.165) is 10.5 Å². The molecule has 0 bridgehead atoms. The van der Waals surface area contributed by atoms with Gasteiger partial charge in [0, 0.05) is 18.3 Å². The first kappa shape index (κ1) is 29.2. The second kappa shape index (κ2) is 12.4. The van der Waals surface area contributed by atoms with Crippen LogP contribution in [0, 0.1) is 0 Å². The summed E-state index contributed by atoms with van der Waals surface area (Å²) in [5, 5.41) is 2.91. The van der Waals surface area contributed by atoms with Crippen LogP contribution in [0.4, 0.5) is 11.4 Å². The van der Waals surface area contributed by atoms with Gasteiger partial charge in [0.15, 0.2) is 23.0 Å². The van der Waals surface area contributed by atoms with Crippen molar-refractivity contribution in [3.05, 3.63) is 108 Å². The molecule has 2 heterocycles. The summed E-state index contributed by atoms with van der Waals surface area (Å²) >= 11 is 0. The number of ether oxygens (including phenoxy) is 4. The van der Waals surface area contributed by atoms with Gasteiger partial charge in [0.25, 0.3) is 17.6 Å². The maximum atomic E-state index is 14.3. The summed E-state index contributed by atoms with van der Waals surface area (Å²) in [6, 6.07) is 24.4.